The van der Waals surface area contributed by atoms with Gasteiger partial charge in [0.15, 0.2) is 23.3 Å². The van der Waals surface area contributed by atoms with Crippen molar-refractivity contribution in [2.24, 2.45) is 16.0 Å². The molecule has 6 aromatic carbocycles. The van der Waals surface area contributed by atoms with Crippen LogP contribution in [0, 0.1) is 78.3 Å². The Morgan fingerprint density at radius 1 is 0.521 bits per heavy atom. The predicted octanol–water partition coefficient (Wildman–Crippen LogP) is 6.58. The third kappa shape index (κ3) is 34.6. The number of nitrogens with one attached hydrogen (secondary N) is 1. The first-order valence-corrected chi connectivity index (χ1v) is 32.9. The molecule has 10 N–H and O–H groups in total. The van der Waals surface area contributed by atoms with E-state index in [0.29, 0.717) is 53.0 Å². The Morgan fingerprint density at radius 2 is 0.882 bits per heavy atom. The van der Waals surface area contributed by atoms with Gasteiger partial charge < -0.3 is 76.0 Å². The van der Waals surface area contributed by atoms with E-state index >= 15 is 0 Å². The summed E-state index contributed by atoms with van der Waals surface area (Å²) in [5.41, 5.74) is 14.0. The molecular formula is C71H87BLiN20O26. The summed E-state index contributed by atoms with van der Waals surface area (Å²) in [6.07, 6.45) is 0. The molecule has 631 valence electrons. The molecule has 3 radical (unpaired) electrons. The Bertz CT molecular complexity index is 5100. The molecule has 0 saturated heterocycles. The average molecular weight is 1650 g/mol. The van der Waals surface area contributed by atoms with Crippen LogP contribution in [0.1, 0.15) is 115 Å². The van der Waals surface area contributed by atoms with Gasteiger partial charge in [-0.15, -0.1) is 0 Å². The Labute approximate surface area is 692 Å². The zero-order valence-corrected chi connectivity index (χ0v) is 64.9. The molecule has 0 unspecified atom stereocenters. The molecule has 0 spiro atoms. The number of nitrogen functional groups attached to an aromatic ring is 1. The minimum atomic E-state index is -1.28. The molecule has 4 aromatic heterocycles. The number of ketones is 1. The van der Waals surface area contributed by atoms with Gasteiger partial charge in [0.05, 0.1) is 56.5 Å². The number of carbonyl (C=O) groups is 5. The van der Waals surface area contributed by atoms with E-state index in [2.05, 4.69) is 55.6 Å². The first-order chi connectivity index (χ1) is 54.4. The molecule has 0 bridgehead atoms. The Morgan fingerprint density at radius 3 is 1.27 bits per heavy atom. The average Bonchev–Trinajstić information content (AvgIpc) is 1.58. The largest absolute Gasteiger partial charge is 1.00 e. The van der Waals surface area contributed by atoms with Crippen molar-refractivity contribution in [2.75, 3.05) is 53.7 Å². The zero-order chi connectivity index (χ0) is 86.3. The molecule has 46 nitrogen and oxygen atoms in total. The van der Waals surface area contributed by atoms with E-state index in [4.69, 9.17) is 60.0 Å². The van der Waals surface area contributed by atoms with Gasteiger partial charge >= 0.3 is 36.8 Å². The Kier molecular flexibility index (Phi) is 47.9. The molecule has 48 heteroatoms. The second-order valence-corrected chi connectivity index (χ2v) is 23.1. The molecule has 10 rings (SSSR count). The molecule has 4 heterocycles. The SMILES string of the molecule is C.C.CC(=O)/C(N)=N/O.CCO.CCOC(=O)/C(=N/O)NC(=O)c1cc(C)ccc1[N+](=O)[O-].CCOC(=O)c1noc(-c2cc(C)ccc2[N+](=O)[O-])n1.CN(C)Cc1noc(-c2ccccc2N)n1.CN(C)Cc1noc(-c2ccccc2[N+](=O)[O-])n1.Cc1ccc([N+](=O)[O-])c(-c2nc(CO)no2)c1.Cc1ccc([N+](=O)[O-])c(C(=O)O)c1.[B].[H-].[Li+]. The molecule has 119 heavy (non-hydrogen) atoms. The molecule has 0 aliphatic carbocycles. The van der Waals surface area contributed by atoms with Crippen molar-refractivity contribution in [3.8, 4) is 45.8 Å². The van der Waals surface area contributed by atoms with Gasteiger partial charge in [0.1, 0.15) is 34.4 Å². The van der Waals surface area contributed by atoms with Crippen LogP contribution in [0.25, 0.3) is 45.8 Å². The summed E-state index contributed by atoms with van der Waals surface area (Å²) in [4.78, 5) is 126. The van der Waals surface area contributed by atoms with Gasteiger partial charge in [-0.25, -0.2) is 14.4 Å². The van der Waals surface area contributed by atoms with Crippen LogP contribution in [0.4, 0.5) is 34.1 Å². The molecular weight excluding hydrogens is 1570 g/mol. The number of aromatic nitrogens is 8. The number of carbonyl (C=O) groups excluding carboxylic acids is 4. The summed E-state index contributed by atoms with van der Waals surface area (Å²) >= 11 is 0. The number of amidine groups is 2. The number of aliphatic hydroxyl groups excluding tert-OH is 2. The summed E-state index contributed by atoms with van der Waals surface area (Å²) in [7, 11) is 7.65. The topological polar surface area (TPSA) is 672 Å². The minimum absolute atomic E-state index is 0. The van der Waals surface area contributed by atoms with Gasteiger partial charge in [-0.3, -0.25) is 65.5 Å². The summed E-state index contributed by atoms with van der Waals surface area (Å²) in [5, 5.41) is 117. The molecule has 0 atom stereocenters. The van der Waals surface area contributed by atoms with Crippen LogP contribution in [0.2, 0.25) is 0 Å². The number of hydrogen-bond donors (Lipinski definition) is 8. The fourth-order valence-electron chi connectivity index (χ4n) is 8.46. The quantitative estimate of drug-likeness (QED) is 0.00584. The van der Waals surface area contributed by atoms with Gasteiger partial charge in [0.25, 0.3) is 69.6 Å². The van der Waals surface area contributed by atoms with E-state index in [1.807, 2.05) is 67.6 Å². The minimum Gasteiger partial charge on any atom is -1.00 e. The van der Waals surface area contributed by atoms with Crippen molar-refractivity contribution >= 4 is 83.8 Å². The number of aromatic carboxylic acids is 1. The fraction of sp³-hybridized carbons (Fsp3) is 0.282. The van der Waals surface area contributed by atoms with Crippen LogP contribution >= 0.6 is 0 Å². The van der Waals surface area contributed by atoms with Gasteiger partial charge in [0.2, 0.25) is 5.84 Å². The first-order valence-electron chi connectivity index (χ1n) is 32.9. The number of aryl methyl sites for hydroxylation is 4. The summed E-state index contributed by atoms with van der Waals surface area (Å²) < 4.78 is 29.2. The number of hydrogen-bond acceptors (Lipinski definition) is 38. The maximum atomic E-state index is 12.0. The number of ether oxygens (including phenoxy) is 2. The van der Waals surface area contributed by atoms with Gasteiger partial charge in [-0.05, 0) is 147 Å². The fourth-order valence-corrected chi connectivity index (χ4v) is 8.46. The summed E-state index contributed by atoms with van der Waals surface area (Å²) in [6, 6.07) is 30.7. The van der Waals surface area contributed by atoms with Gasteiger partial charge in [-0.1, -0.05) is 89.2 Å². The number of benzene rings is 6. The van der Waals surface area contributed by atoms with Crippen molar-refractivity contribution in [3.05, 3.63) is 229 Å². The third-order valence-corrected chi connectivity index (χ3v) is 13.5. The van der Waals surface area contributed by atoms with Gasteiger partial charge in [-0.2, -0.15) is 19.9 Å². The Balaban J connectivity index is -0.00000133. The number of carboxylic acids is 1. The third-order valence-electron chi connectivity index (χ3n) is 13.5. The molecule has 0 aliphatic heterocycles. The monoisotopic (exact) mass is 1650 g/mol. The number of oxime groups is 2. The van der Waals surface area contributed by atoms with E-state index < -0.39 is 65.7 Å². The number of esters is 2. The van der Waals surface area contributed by atoms with E-state index in [1.54, 1.807) is 84.0 Å². The van der Waals surface area contributed by atoms with Crippen LogP contribution in [0.5, 0.6) is 0 Å². The van der Waals surface area contributed by atoms with Crippen LogP contribution in [-0.2, 0) is 38.8 Å². The van der Waals surface area contributed by atoms with Crippen LogP contribution in [0.3, 0.4) is 0 Å². The number of nitrogens with two attached hydrogens (primary N) is 2. The number of rotatable bonds is 20. The van der Waals surface area contributed by atoms with Crippen LogP contribution in [-0.4, -0.2) is 198 Å². The van der Waals surface area contributed by atoms with E-state index in [0.717, 1.165) is 16.7 Å². The normalized spacial score (nSPS) is 10.1. The maximum absolute atomic E-state index is 12.0. The molecule has 0 saturated carbocycles. The number of aliphatic hydroxyl groups is 2. The first kappa shape index (κ1) is 107. The van der Waals surface area contributed by atoms with Crippen molar-refractivity contribution in [2.45, 2.75) is 89.9 Å². The van der Waals surface area contributed by atoms with E-state index in [-0.39, 0.29) is 150 Å². The predicted molar refractivity (Wildman–Crippen MR) is 423 cm³/mol. The number of carboxylic acid groups (broad SMARTS) is 1. The number of nitro groups is 5. The second kappa shape index (κ2) is 53.5. The number of Topliss-reactive ketones (excluding diaryl/α,β-unsaturated/α-hetero) is 1. The molecule has 0 fully saturated rings. The number of anilines is 1. The number of para-hydroxylation sites is 2. The van der Waals surface area contributed by atoms with Gasteiger partial charge in [0, 0.05) is 58.0 Å². The molecule has 0 aliphatic rings. The van der Waals surface area contributed by atoms with E-state index in [1.165, 1.54) is 68.4 Å². The summed E-state index contributed by atoms with van der Waals surface area (Å²) in [6.45, 7) is 14.2. The summed E-state index contributed by atoms with van der Waals surface area (Å²) in [5.74, 6) is -4.02. The van der Waals surface area contributed by atoms with Crippen molar-refractivity contribution in [1.82, 2.24) is 55.7 Å². The smallest absolute Gasteiger partial charge is 1.00 e. The van der Waals surface area contributed by atoms with E-state index in [9.17, 15) is 74.5 Å². The van der Waals surface area contributed by atoms with Crippen molar-refractivity contribution < 1.29 is 122 Å². The van der Waals surface area contributed by atoms with Crippen molar-refractivity contribution in [1.29, 1.82) is 0 Å². The van der Waals surface area contributed by atoms with Crippen LogP contribution < -0.4 is 35.6 Å². The Hall–Kier alpha value is -14.5. The molecule has 1 amide bonds. The second-order valence-electron chi connectivity index (χ2n) is 23.1. The number of nitrogens with zero attached hydrogens (tertiary/aromatic N) is 17. The number of amides is 1. The van der Waals surface area contributed by atoms with Crippen molar-refractivity contribution in [3.63, 3.8) is 0 Å². The molecule has 10 aromatic rings. The number of nitro benzene ring substituents is 5. The van der Waals surface area contributed by atoms with Crippen LogP contribution in [0.15, 0.2) is 150 Å². The zero-order valence-electron chi connectivity index (χ0n) is 65.9. The standard InChI is InChI=1S/C12H13N3O6.C12H11N3O5.C11H12N4O3.C11H14N4O.C10H9N3O4.C8H7NO4.C3H6N2O2.C2H6O.2CH4.B.Li.H/c1-3-21-12(17)10(14-18)13-11(16)8-6-7(2)4-5-9(8)15(19)20;1-3-19-12(16)10-13-11(20-14-10)8-6-7(2)4-5-9(8)15(17)18;1-14(2)7-10-12-11(18-13-10)8-5-3-4-6-9(8)15(16)17;1-15(2)7-10-13-11(16-14-10)8-5-3-4-6-9(8)12;1-6-2-3-8(13(15)16)7(4-6)10-11-9(5-14)12-17-10;1-5-2-3-7(9(12)13)6(4-5)8(10)11;1-2(6)3(4)5-7;1-2-3;;;;;/h4-6,18H,3H2,1-2H3,(H,13,14,16);4-6H,3H2,1-2H3;3-6H,7H2,1-2H3;3-6H,7,12H2,1-2H3;2-4,14H,5H2,1H3;2-4H,1H3,(H,10,11);7H,1H3,(H2,4,5);3H,2H2,1H3;2*1H4;;;/q;;;;;;;;;;;+1;-1. The maximum Gasteiger partial charge on any atom is 1.00 e.